The smallest absolute Gasteiger partial charge is 0.231 e. The molecule has 154 valence electrons. The molecule has 0 bridgehead atoms. The summed E-state index contributed by atoms with van der Waals surface area (Å²) in [6.07, 6.45) is 0.596. The zero-order valence-corrected chi connectivity index (χ0v) is 17.6. The monoisotopic (exact) mass is 414 g/mol. The summed E-state index contributed by atoms with van der Waals surface area (Å²) >= 11 is 0. The summed E-state index contributed by atoms with van der Waals surface area (Å²) in [7, 11) is 2.09. The van der Waals surface area contributed by atoms with Crippen LogP contribution in [0.2, 0.25) is 0 Å². The number of aryl methyl sites for hydroxylation is 1. The van der Waals surface area contributed by atoms with Gasteiger partial charge < -0.3 is 14.6 Å². The summed E-state index contributed by atoms with van der Waals surface area (Å²) in [6.45, 7) is 5.48. The van der Waals surface area contributed by atoms with Gasteiger partial charge in [0.25, 0.3) is 0 Å². The average Bonchev–Trinajstić information content (AvgIpc) is 3.16. The standard InChI is InChI=1S/C22H26N4O2.ClH/c1-16-6-3-4-8-18(16)15-27-19-9-5-7-17(12-19)13-21-24-22(25-28-21)20-14-23-10-11-26(20)2;/h3-9,12,20,23H,10-11,13-15H2,1-2H3;1H. The van der Waals surface area contributed by atoms with Crippen molar-refractivity contribution in [2.24, 2.45) is 0 Å². The van der Waals surface area contributed by atoms with Gasteiger partial charge in [-0.05, 0) is 42.8 Å². The van der Waals surface area contributed by atoms with Gasteiger partial charge in [-0.25, -0.2) is 0 Å². The Balaban J connectivity index is 0.00000240. The van der Waals surface area contributed by atoms with E-state index < -0.39 is 0 Å². The summed E-state index contributed by atoms with van der Waals surface area (Å²) < 4.78 is 11.5. The predicted octanol–water partition coefficient (Wildman–Crippen LogP) is 3.55. The Morgan fingerprint density at radius 3 is 2.90 bits per heavy atom. The minimum atomic E-state index is 0. The quantitative estimate of drug-likeness (QED) is 0.665. The Morgan fingerprint density at radius 1 is 1.21 bits per heavy atom. The molecule has 1 aliphatic rings. The van der Waals surface area contributed by atoms with Gasteiger partial charge in [-0.2, -0.15) is 4.98 Å². The average molecular weight is 415 g/mol. The van der Waals surface area contributed by atoms with Crippen molar-refractivity contribution >= 4 is 12.4 Å². The van der Waals surface area contributed by atoms with E-state index in [-0.39, 0.29) is 18.4 Å². The number of nitrogens with zero attached hydrogens (tertiary/aromatic N) is 3. The topological polar surface area (TPSA) is 63.4 Å². The van der Waals surface area contributed by atoms with Gasteiger partial charge in [-0.15, -0.1) is 12.4 Å². The molecule has 1 saturated heterocycles. The van der Waals surface area contributed by atoms with Crippen LogP contribution in [0.5, 0.6) is 5.75 Å². The van der Waals surface area contributed by atoms with Crippen LogP contribution in [0.25, 0.3) is 0 Å². The minimum Gasteiger partial charge on any atom is -0.489 e. The molecule has 1 atom stereocenters. The van der Waals surface area contributed by atoms with Crippen molar-refractivity contribution in [1.29, 1.82) is 0 Å². The molecule has 7 heteroatoms. The van der Waals surface area contributed by atoms with Crippen molar-refractivity contribution in [3.63, 3.8) is 0 Å². The zero-order chi connectivity index (χ0) is 19.3. The van der Waals surface area contributed by atoms with Crippen LogP contribution in [0.15, 0.2) is 53.1 Å². The number of halogens is 1. The van der Waals surface area contributed by atoms with Gasteiger partial charge in [0.15, 0.2) is 5.82 Å². The highest BCUT2D eigenvalue weighted by molar-refractivity contribution is 5.85. The van der Waals surface area contributed by atoms with Crippen LogP contribution in [0.3, 0.4) is 0 Å². The molecule has 0 spiro atoms. The normalized spacial score (nSPS) is 17.0. The summed E-state index contributed by atoms with van der Waals surface area (Å²) in [5.74, 6) is 2.22. The lowest BCUT2D eigenvalue weighted by Gasteiger charge is -2.30. The molecule has 29 heavy (non-hydrogen) atoms. The first-order valence-electron chi connectivity index (χ1n) is 9.69. The Morgan fingerprint density at radius 2 is 2.07 bits per heavy atom. The first kappa shape index (κ1) is 21.3. The minimum absolute atomic E-state index is 0. The van der Waals surface area contributed by atoms with Crippen molar-refractivity contribution in [1.82, 2.24) is 20.4 Å². The second kappa shape index (κ2) is 9.87. The van der Waals surface area contributed by atoms with E-state index in [4.69, 9.17) is 9.26 Å². The molecule has 3 aromatic rings. The first-order chi connectivity index (χ1) is 13.7. The first-order valence-corrected chi connectivity index (χ1v) is 9.69. The van der Waals surface area contributed by atoms with E-state index in [0.29, 0.717) is 18.9 Å². The summed E-state index contributed by atoms with van der Waals surface area (Å²) in [6, 6.07) is 16.5. The van der Waals surface area contributed by atoms with E-state index in [0.717, 1.165) is 36.8 Å². The van der Waals surface area contributed by atoms with Gasteiger partial charge in [-0.1, -0.05) is 41.6 Å². The largest absolute Gasteiger partial charge is 0.489 e. The van der Waals surface area contributed by atoms with Crippen molar-refractivity contribution in [2.45, 2.75) is 26.0 Å². The van der Waals surface area contributed by atoms with Gasteiger partial charge in [0.1, 0.15) is 12.4 Å². The van der Waals surface area contributed by atoms with Crippen molar-refractivity contribution < 1.29 is 9.26 Å². The number of hydrogen-bond donors (Lipinski definition) is 1. The Bertz CT molecular complexity index is 930. The maximum atomic E-state index is 5.98. The molecule has 0 radical (unpaired) electrons. The molecule has 2 heterocycles. The molecule has 1 unspecified atom stereocenters. The number of rotatable bonds is 6. The third-order valence-electron chi connectivity index (χ3n) is 5.20. The van der Waals surface area contributed by atoms with E-state index >= 15 is 0 Å². The van der Waals surface area contributed by atoms with E-state index in [1.807, 2.05) is 30.3 Å². The molecular weight excluding hydrogens is 388 g/mol. The van der Waals surface area contributed by atoms with Crippen molar-refractivity contribution in [2.75, 3.05) is 26.7 Å². The molecule has 1 aromatic heterocycles. The molecule has 1 fully saturated rings. The number of likely N-dealkylation sites (N-methyl/N-ethyl adjacent to an activating group) is 1. The lowest BCUT2D eigenvalue weighted by molar-refractivity contribution is 0.190. The fourth-order valence-corrected chi connectivity index (χ4v) is 3.42. The van der Waals surface area contributed by atoms with E-state index in [9.17, 15) is 0 Å². The molecule has 1 aliphatic heterocycles. The lowest BCUT2D eigenvalue weighted by Crippen LogP contribution is -2.44. The Labute approximate surface area is 177 Å². The third kappa shape index (κ3) is 5.35. The Hall–Kier alpha value is -2.41. The second-order valence-electron chi connectivity index (χ2n) is 7.29. The molecule has 6 nitrogen and oxygen atoms in total. The zero-order valence-electron chi connectivity index (χ0n) is 16.8. The predicted molar refractivity (Wildman–Crippen MR) is 115 cm³/mol. The number of ether oxygens (including phenoxy) is 1. The van der Waals surface area contributed by atoms with Gasteiger partial charge in [0.05, 0.1) is 12.5 Å². The van der Waals surface area contributed by atoms with Crippen LogP contribution < -0.4 is 10.1 Å². The number of aromatic nitrogens is 2. The number of nitrogens with one attached hydrogen (secondary N) is 1. The number of piperazine rings is 1. The SMILES string of the molecule is Cc1ccccc1COc1cccc(Cc2nc(C3CNCCN3C)no2)c1.Cl. The van der Waals surface area contributed by atoms with Crippen molar-refractivity contribution in [3.05, 3.63) is 76.9 Å². The van der Waals surface area contributed by atoms with Crippen molar-refractivity contribution in [3.8, 4) is 5.75 Å². The highest BCUT2D eigenvalue weighted by atomic mass is 35.5. The molecule has 0 saturated carbocycles. The third-order valence-corrected chi connectivity index (χ3v) is 5.20. The van der Waals surface area contributed by atoms with Crippen LogP contribution in [0.1, 0.15) is 34.4 Å². The summed E-state index contributed by atoms with van der Waals surface area (Å²) in [5.41, 5.74) is 3.52. The fourth-order valence-electron chi connectivity index (χ4n) is 3.42. The molecular formula is C22H27ClN4O2. The highest BCUT2D eigenvalue weighted by Crippen LogP contribution is 2.21. The van der Waals surface area contributed by atoms with Crippen LogP contribution in [-0.4, -0.2) is 41.7 Å². The number of benzene rings is 2. The summed E-state index contributed by atoms with van der Waals surface area (Å²) in [4.78, 5) is 6.87. The second-order valence-corrected chi connectivity index (χ2v) is 7.29. The molecule has 0 amide bonds. The van der Waals surface area contributed by atoms with Crippen LogP contribution in [0, 0.1) is 6.92 Å². The van der Waals surface area contributed by atoms with E-state index in [1.165, 1.54) is 11.1 Å². The number of hydrogen-bond acceptors (Lipinski definition) is 6. The lowest BCUT2D eigenvalue weighted by atomic mass is 10.1. The van der Waals surface area contributed by atoms with Gasteiger partial charge >= 0.3 is 0 Å². The molecule has 4 rings (SSSR count). The Kier molecular flexibility index (Phi) is 7.25. The van der Waals surface area contributed by atoms with E-state index in [2.05, 4.69) is 52.5 Å². The van der Waals surface area contributed by atoms with Gasteiger partial charge in [-0.3, -0.25) is 4.90 Å². The molecule has 2 aromatic carbocycles. The maximum absolute atomic E-state index is 5.98. The fraction of sp³-hybridized carbons (Fsp3) is 0.364. The molecule has 1 N–H and O–H groups in total. The van der Waals surface area contributed by atoms with Crippen LogP contribution >= 0.6 is 12.4 Å². The summed E-state index contributed by atoms with van der Waals surface area (Å²) in [5, 5.41) is 7.58. The molecule has 0 aliphatic carbocycles. The van der Waals surface area contributed by atoms with E-state index in [1.54, 1.807) is 0 Å². The van der Waals surface area contributed by atoms with Crippen LogP contribution in [-0.2, 0) is 13.0 Å². The van der Waals surface area contributed by atoms with Crippen LogP contribution in [0.4, 0.5) is 0 Å². The van der Waals surface area contributed by atoms with Gasteiger partial charge in [0, 0.05) is 19.6 Å². The highest BCUT2D eigenvalue weighted by Gasteiger charge is 2.25. The maximum Gasteiger partial charge on any atom is 0.231 e. The van der Waals surface area contributed by atoms with Gasteiger partial charge in [0.2, 0.25) is 5.89 Å².